The Labute approximate surface area is 199 Å². The van der Waals surface area contributed by atoms with E-state index in [1.165, 1.54) is 23.0 Å². The van der Waals surface area contributed by atoms with Gasteiger partial charge in [0.2, 0.25) is 5.91 Å². The van der Waals surface area contributed by atoms with Gasteiger partial charge in [-0.15, -0.1) is 11.3 Å². The normalized spacial score (nSPS) is 11.0. The van der Waals surface area contributed by atoms with Gasteiger partial charge in [0.25, 0.3) is 0 Å². The number of rotatable bonds is 6. The van der Waals surface area contributed by atoms with Gasteiger partial charge in [-0.2, -0.15) is 0 Å². The summed E-state index contributed by atoms with van der Waals surface area (Å²) in [5.41, 5.74) is 3.96. The van der Waals surface area contributed by atoms with E-state index < -0.39 is 0 Å². The highest BCUT2D eigenvalue weighted by molar-refractivity contribution is 9.10. The third-order valence-corrected chi connectivity index (χ3v) is 6.02. The highest BCUT2D eigenvalue weighted by atomic mass is 79.9. The fraction of sp³-hybridized carbons (Fsp3) is 0.174. The van der Waals surface area contributed by atoms with Crippen molar-refractivity contribution in [1.82, 2.24) is 10.3 Å². The number of hydrogen-bond acceptors (Lipinski definition) is 5. The molecule has 0 saturated carbocycles. The molecule has 160 valence electrons. The number of nitrogens with zero attached hydrogens (tertiary/aromatic N) is 1. The van der Waals surface area contributed by atoms with Crippen molar-refractivity contribution in [3.63, 3.8) is 0 Å². The molecule has 0 aliphatic heterocycles. The first-order valence-electron chi connectivity index (χ1n) is 9.55. The van der Waals surface area contributed by atoms with Gasteiger partial charge in [-0.25, -0.2) is 4.98 Å². The summed E-state index contributed by atoms with van der Waals surface area (Å²) in [5.74, 6) is 0.925. The van der Waals surface area contributed by atoms with E-state index in [0.717, 1.165) is 27.0 Å². The summed E-state index contributed by atoms with van der Waals surface area (Å²) in [6.07, 6.45) is 3.21. The summed E-state index contributed by atoms with van der Waals surface area (Å²) < 4.78 is 6.10. The fourth-order valence-electron chi connectivity index (χ4n) is 2.74. The van der Waals surface area contributed by atoms with Crippen molar-refractivity contribution < 1.29 is 9.53 Å². The molecule has 31 heavy (non-hydrogen) atoms. The number of amides is 1. The zero-order valence-electron chi connectivity index (χ0n) is 17.3. The standard InChI is InChI=1S/C23H22BrN3O2S2/c1-14(2)16-7-4-15(5-8-16)6-11-21(28)26-22(30)27-23-25-19(13-31-23)17-9-10-20(29-3)18(24)12-17/h4-14H,1-3H3,(H2,25,26,27,28,30)/b11-6+. The second-order valence-corrected chi connectivity index (χ2v) is 9.11. The number of thiazole rings is 1. The monoisotopic (exact) mass is 515 g/mol. The van der Waals surface area contributed by atoms with Crippen LogP contribution in [0.2, 0.25) is 0 Å². The molecule has 0 spiro atoms. The lowest BCUT2D eigenvalue weighted by Crippen LogP contribution is -2.32. The van der Waals surface area contributed by atoms with Crippen molar-refractivity contribution >= 4 is 61.7 Å². The number of aromatic nitrogens is 1. The molecule has 0 aliphatic carbocycles. The maximum absolute atomic E-state index is 12.2. The van der Waals surface area contributed by atoms with Crippen LogP contribution in [0.4, 0.5) is 5.13 Å². The molecule has 3 aromatic rings. The molecule has 5 nitrogen and oxygen atoms in total. The van der Waals surface area contributed by atoms with Crippen LogP contribution >= 0.6 is 39.5 Å². The van der Waals surface area contributed by atoms with Crippen molar-refractivity contribution in [2.24, 2.45) is 0 Å². The predicted octanol–water partition coefficient (Wildman–Crippen LogP) is 6.23. The van der Waals surface area contributed by atoms with Gasteiger partial charge in [0.15, 0.2) is 10.2 Å². The van der Waals surface area contributed by atoms with Gasteiger partial charge < -0.3 is 10.1 Å². The largest absolute Gasteiger partial charge is 0.496 e. The van der Waals surface area contributed by atoms with Gasteiger partial charge in [-0.1, -0.05) is 38.1 Å². The molecule has 1 amide bonds. The Morgan fingerprint density at radius 1 is 1.23 bits per heavy atom. The summed E-state index contributed by atoms with van der Waals surface area (Å²) >= 11 is 10.1. The summed E-state index contributed by atoms with van der Waals surface area (Å²) in [6, 6.07) is 13.9. The first kappa shape index (κ1) is 23.1. The van der Waals surface area contributed by atoms with E-state index >= 15 is 0 Å². The van der Waals surface area contributed by atoms with Crippen molar-refractivity contribution in [3.8, 4) is 17.0 Å². The minimum atomic E-state index is -0.304. The van der Waals surface area contributed by atoms with Crippen molar-refractivity contribution in [2.75, 3.05) is 12.4 Å². The minimum Gasteiger partial charge on any atom is -0.496 e. The van der Waals surface area contributed by atoms with E-state index in [9.17, 15) is 4.79 Å². The summed E-state index contributed by atoms with van der Waals surface area (Å²) in [7, 11) is 1.62. The molecule has 0 aliphatic rings. The highest BCUT2D eigenvalue weighted by Crippen LogP contribution is 2.32. The number of hydrogen-bond donors (Lipinski definition) is 2. The Balaban J connectivity index is 1.56. The molecule has 2 N–H and O–H groups in total. The van der Waals surface area contributed by atoms with E-state index in [2.05, 4.69) is 57.5 Å². The van der Waals surface area contributed by atoms with Crippen LogP contribution in [0.25, 0.3) is 17.3 Å². The van der Waals surface area contributed by atoms with Crippen molar-refractivity contribution in [2.45, 2.75) is 19.8 Å². The molecule has 0 saturated heterocycles. The number of anilines is 1. The SMILES string of the molecule is COc1ccc(-c2csc(NC(=S)NC(=O)/C=C/c3ccc(C(C)C)cc3)n2)cc1Br. The van der Waals surface area contributed by atoms with E-state index in [4.69, 9.17) is 17.0 Å². The Bertz CT molecular complexity index is 1110. The highest BCUT2D eigenvalue weighted by Gasteiger charge is 2.09. The average molecular weight is 516 g/mol. The third-order valence-electron chi connectivity index (χ3n) is 4.44. The molecule has 1 heterocycles. The number of thiocarbonyl (C=S) groups is 1. The molecular formula is C23H22BrN3O2S2. The van der Waals surface area contributed by atoms with Crippen LogP contribution in [0.5, 0.6) is 5.75 Å². The third kappa shape index (κ3) is 6.46. The zero-order valence-corrected chi connectivity index (χ0v) is 20.5. The Kier molecular flexibility index (Phi) is 7.95. The number of carbonyl (C=O) groups excluding carboxylic acids is 1. The Hall–Kier alpha value is -2.55. The number of methoxy groups -OCH3 is 1. The van der Waals surface area contributed by atoms with Crippen LogP contribution in [0.1, 0.15) is 30.9 Å². The van der Waals surface area contributed by atoms with Crippen molar-refractivity contribution in [1.29, 1.82) is 0 Å². The quantitative estimate of drug-likeness (QED) is 0.300. The second kappa shape index (κ2) is 10.7. The van der Waals surface area contributed by atoms with Gasteiger partial charge >= 0.3 is 0 Å². The number of benzene rings is 2. The molecule has 0 radical (unpaired) electrons. The zero-order chi connectivity index (χ0) is 22.4. The molecule has 0 fully saturated rings. The lowest BCUT2D eigenvalue weighted by Gasteiger charge is -2.06. The van der Waals surface area contributed by atoms with Crippen LogP contribution in [0.3, 0.4) is 0 Å². The number of halogens is 1. The first-order valence-corrected chi connectivity index (χ1v) is 11.6. The van der Waals surface area contributed by atoms with E-state index in [1.807, 2.05) is 35.7 Å². The number of nitrogens with one attached hydrogen (secondary N) is 2. The van der Waals surface area contributed by atoms with Gasteiger partial charge in [-0.3, -0.25) is 10.1 Å². The fourth-order valence-corrected chi connectivity index (χ4v) is 4.26. The number of ether oxygens (including phenoxy) is 1. The molecule has 8 heteroatoms. The van der Waals surface area contributed by atoms with E-state index in [0.29, 0.717) is 11.0 Å². The molecule has 0 bridgehead atoms. The molecular weight excluding hydrogens is 494 g/mol. The second-order valence-electron chi connectivity index (χ2n) is 6.99. The maximum atomic E-state index is 12.2. The van der Waals surface area contributed by atoms with E-state index in [1.54, 1.807) is 13.2 Å². The molecule has 0 unspecified atom stereocenters. The minimum absolute atomic E-state index is 0.196. The van der Waals surface area contributed by atoms with Gasteiger partial charge in [-0.05, 0) is 69.5 Å². The summed E-state index contributed by atoms with van der Waals surface area (Å²) in [4.78, 5) is 16.7. The van der Waals surface area contributed by atoms with Crippen LogP contribution in [-0.4, -0.2) is 23.1 Å². The van der Waals surface area contributed by atoms with Crippen LogP contribution in [0.15, 0.2) is 58.4 Å². The maximum Gasteiger partial charge on any atom is 0.250 e. The summed E-state index contributed by atoms with van der Waals surface area (Å²) in [5, 5.41) is 8.31. The predicted molar refractivity (Wildman–Crippen MR) is 136 cm³/mol. The van der Waals surface area contributed by atoms with Crippen LogP contribution in [-0.2, 0) is 4.79 Å². The number of carbonyl (C=O) groups is 1. The molecule has 0 atom stereocenters. The Morgan fingerprint density at radius 3 is 2.61 bits per heavy atom. The van der Waals surface area contributed by atoms with Crippen LogP contribution < -0.4 is 15.4 Å². The molecule has 2 aromatic carbocycles. The van der Waals surface area contributed by atoms with E-state index in [-0.39, 0.29) is 11.0 Å². The lowest BCUT2D eigenvalue weighted by molar-refractivity contribution is -0.115. The Morgan fingerprint density at radius 2 is 1.97 bits per heavy atom. The van der Waals surface area contributed by atoms with Crippen molar-refractivity contribution in [3.05, 3.63) is 69.5 Å². The first-order chi connectivity index (χ1) is 14.9. The smallest absolute Gasteiger partial charge is 0.250 e. The topological polar surface area (TPSA) is 63.2 Å². The molecule has 1 aromatic heterocycles. The van der Waals surface area contributed by atoms with Gasteiger partial charge in [0, 0.05) is 17.0 Å². The van der Waals surface area contributed by atoms with Gasteiger partial charge in [0.05, 0.1) is 17.3 Å². The van der Waals surface area contributed by atoms with Crippen LogP contribution in [0, 0.1) is 0 Å². The van der Waals surface area contributed by atoms with Gasteiger partial charge in [0.1, 0.15) is 5.75 Å². The molecule has 3 rings (SSSR count). The lowest BCUT2D eigenvalue weighted by atomic mass is 10.0. The average Bonchev–Trinajstić information content (AvgIpc) is 3.20. The summed E-state index contributed by atoms with van der Waals surface area (Å²) in [6.45, 7) is 4.29.